The monoisotopic (exact) mass is 271 g/mol. The van der Waals surface area contributed by atoms with Gasteiger partial charge in [-0.3, -0.25) is 4.98 Å². The summed E-state index contributed by atoms with van der Waals surface area (Å²) in [5, 5.41) is 1.22. The zero-order valence-corrected chi connectivity index (χ0v) is 12.8. The van der Waals surface area contributed by atoms with Gasteiger partial charge in [0, 0.05) is 35.9 Å². The molecule has 0 unspecified atom stereocenters. The lowest BCUT2D eigenvalue weighted by Crippen LogP contribution is -2.38. The van der Waals surface area contributed by atoms with Gasteiger partial charge >= 0.3 is 0 Å². The number of anilines is 1. The molecule has 0 saturated carbocycles. The molecule has 0 spiro atoms. The van der Waals surface area contributed by atoms with E-state index in [1.165, 1.54) is 11.1 Å². The van der Waals surface area contributed by atoms with Crippen molar-refractivity contribution >= 4 is 16.6 Å². The van der Waals surface area contributed by atoms with E-state index in [0.717, 1.165) is 30.6 Å². The Labute approximate surface area is 121 Å². The van der Waals surface area contributed by atoms with Gasteiger partial charge in [0.15, 0.2) is 0 Å². The van der Waals surface area contributed by atoms with E-state index in [2.05, 4.69) is 54.9 Å². The SMILES string of the molecule is CCC(CC)N(CCN)c1cc(C)nc2ccccc12. The number of hydrogen-bond acceptors (Lipinski definition) is 3. The largest absolute Gasteiger partial charge is 0.367 e. The van der Waals surface area contributed by atoms with Crippen LogP contribution < -0.4 is 10.6 Å². The molecule has 0 saturated heterocycles. The predicted molar refractivity (Wildman–Crippen MR) is 87.3 cm³/mol. The highest BCUT2D eigenvalue weighted by Crippen LogP contribution is 2.29. The summed E-state index contributed by atoms with van der Waals surface area (Å²) in [5.74, 6) is 0. The molecule has 2 N–H and O–H groups in total. The van der Waals surface area contributed by atoms with E-state index in [0.29, 0.717) is 12.6 Å². The zero-order chi connectivity index (χ0) is 14.5. The standard InChI is InChI=1S/C17H25N3/c1-4-14(5-2)20(11-10-18)17-12-13(3)19-16-9-7-6-8-15(16)17/h6-9,12,14H,4-5,10-11,18H2,1-3H3. The van der Waals surface area contributed by atoms with Crippen LogP contribution in [0.25, 0.3) is 10.9 Å². The first kappa shape index (κ1) is 14.8. The van der Waals surface area contributed by atoms with Gasteiger partial charge in [-0.15, -0.1) is 0 Å². The van der Waals surface area contributed by atoms with Crippen LogP contribution in [0, 0.1) is 6.92 Å². The second-order valence-electron chi connectivity index (χ2n) is 5.25. The number of rotatable bonds is 6. The van der Waals surface area contributed by atoms with Crippen molar-refractivity contribution in [2.75, 3.05) is 18.0 Å². The number of aromatic nitrogens is 1. The molecule has 0 aliphatic carbocycles. The fourth-order valence-corrected chi connectivity index (χ4v) is 2.89. The maximum atomic E-state index is 5.84. The quantitative estimate of drug-likeness (QED) is 0.874. The van der Waals surface area contributed by atoms with Crippen molar-refractivity contribution in [3.8, 4) is 0 Å². The van der Waals surface area contributed by atoms with Gasteiger partial charge in [0.1, 0.15) is 0 Å². The fraction of sp³-hybridized carbons (Fsp3) is 0.471. The molecule has 0 bridgehead atoms. The summed E-state index contributed by atoms with van der Waals surface area (Å²) < 4.78 is 0. The van der Waals surface area contributed by atoms with E-state index >= 15 is 0 Å². The Kier molecular flexibility index (Phi) is 4.96. The summed E-state index contributed by atoms with van der Waals surface area (Å²) in [7, 11) is 0. The van der Waals surface area contributed by atoms with Crippen LogP contribution >= 0.6 is 0 Å². The third-order valence-corrected chi connectivity index (χ3v) is 3.89. The lowest BCUT2D eigenvalue weighted by atomic mass is 10.1. The van der Waals surface area contributed by atoms with Crippen molar-refractivity contribution in [2.45, 2.75) is 39.7 Å². The van der Waals surface area contributed by atoms with Crippen LogP contribution in [0.2, 0.25) is 0 Å². The Morgan fingerprint density at radius 1 is 1.20 bits per heavy atom. The molecule has 0 fully saturated rings. The lowest BCUT2D eigenvalue weighted by Gasteiger charge is -2.33. The van der Waals surface area contributed by atoms with E-state index in [9.17, 15) is 0 Å². The number of pyridine rings is 1. The van der Waals surface area contributed by atoms with Gasteiger partial charge in [-0.1, -0.05) is 32.0 Å². The third-order valence-electron chi connectivity index (χ3n) is 3.89. The molecule has 1 aromatic heterocycles. The van der Waals surface area contributed by atoms with Gasteiger partial charge in [-0.2, -0.15) is 0 Å². The molecule has 3 nitrogen and oxygen atoms in total. The maximum Gasteiger partial charge on any atom is 0.0726 e. The van der Waals surface area contributed by atoms with Crippen LogP contribution in [0.3, 0.4) is 0 Å². The van der Waals surface area contributed by atoms with E-state index in [4.69, 9.17) is 5.73 Å². The maximum absolute atomic E-state index is 5.84. The average Bonchev–Trinajstić information content (AvgIpc) is 2.46. The van der Waals surface area contributed by atoms with Crippen molar-refractivity contribution < 1.29 is 0 Å². The van der Waals surface area contributed by atoms with Gasteiger partial charge in [-0.25, -0.2) is 0 Å². The molecule has 108 valence electrons. The number of nitrogens with zero attached hydrogens (tertiary/aromatic N) is 2. The molecule has 3 heteroatoms. The second-order valence-corrected chi connectivity index (χ2v) is 5.25. The minimum atomic E-state index is 0.531. The predicted octanol–water partition coefficient (Wildman–Crippen LogP) is 3.50. The minimum Gasteiger partial charge on any atom is -0.367 e. The van der Waals surface area contributed by atoms with E-state index in [1.54, 1.807) is 0 Å². The summed E-state index contributed by atoms with van der Waals surface area (Å²) in [6.45, 7) is 8.11. The molecule has 1 aromatic carbocycles. The zero-order valence-electron chi connectivity index (χ0n) is 12.8. The fourth-order valence-electron chi connectivity index (χ4n) is 2.89. The summed E-state index contributed by atoms with van der Waals surface area (Å²) in [6.07, 6.45) is 2.26. The number of nitrogens with two attached hydrogens (primary N) is 1. The Morgan fingerprint density at radius 3 is 2.55 bits per heavy atom. The molecule has 0 radical (unpaired) electrons. The number of hydrogen-bond donors (Lipinski definition) is 1. The van der Waals surface area contributed by atoms with Crippen molar-refractivity contribution in [3.63, 3.8) is 0 Å². The Hall–Kier alpha value is -1.61. The molecule has 0 atom stereocenters. The molecule has 20 heavy (non-hydrogen) atoms. The molecule has 1 heterocycles. The molecular formula is C17H25N3. The highest BCUT2D eigenvalue weighted by atomic mass is 15.2. The van der Waals surface area contributed by atoms with Crippen molar-refractivity contribution in [3.05, 3.63) is 36.0 Å². The van der Waals surface area contributed by atoms with Crippen LogP contribution in [0.4, 0.5) is 5.69 Å². The van der Waals surface area contributed by atoms with Crippen LogP contribution in [0.5, 0.6) is 0 Å². The van der Waals surface area contributed by atoms with Gasteiger partial charge in [-0.05, 0) is 31.9 Å². The van der Waals surface area contributed by atoms with Gasteiger partial charge in [0.05, 0.1) is 5.52 Å². The Balaban J connectivity index is 2.57. The third kappa shape index (κ3) is 2.93. The van der Waals surface area contributed by atoms with Crippen LogP contribution in [-0.4, -0.2) is 24.1 Å². The number of aryl methyl sites for hydroxylation is 1. The first-order valence-electron chi connectivity index (χ1n) is 7.54. The van der Waals surface area contributed by atoms with Crippen LogP contribution in [0.1, 0.15) is 32.4 Å². The van der Waals surface area contributed by atoms with Crippen molar-refractivity contribution in [2.24, 2.45) is 5.73 Å². The average molecular weight is 271 g/mol. The first-order valence-corrected chi connectivity index (χ1v) is 7.54. The summed E-state index contributed by atoms with van der Waals surface area (Å²) >= 11 is 0. The smallest absolute Gasteiger partial charge is 0.0726 e. The molecule has 2 aromatic rings. The van der Waals surface area contributed by atoms with Crippen molar-refractivity contribution in [1.29, 1.82) is 0 Å². The summed E-state index contributed by atoms with van der Waals surface area (Å²) in [5.41, 5.74) is 9.24. The second kappa shape index (κ2) is 6.71. The highest BCUT2D eigenvalue weighted by Gasteiger charge is 2.17. The highest BCUT2D eigenvalue weighted by molar-refractivity contribution is 5.92. The summed E-state index contributed by atoms with van der Waals surface area (Å²) in [6, 6.07) is 11.1. The molecule has 0 aliphatic heterocycles. The molecule has 2 rings (SSSR count). The van der Waals surface area contributed by atoms with Gasteiger partial charge in [0.2, 0.25) is 0 Å². The first-order chi connectivity index (χ1) is 9.71. The molecule has 0 aliphatic rings. The van der Waals surface area contributed by atoms with Gasteiger partial charge < -0.3 is 10.6 Å². The van der Waals surface area contributed by atoms with E-state index in [-0.39, 0.29) is 0 Å². The van der Waals surface area contributed by atoms with Crippen LogP contribution in [0.15, 0.2) is 30.3 Å². The normalized spacial score (nSPS) is 11.2. The molecular weight excluding hydrogens is 246 g/mol. The Bertz CT molecular complexity index is 561. The number of fused-ring (bicyclic) bond motifs is 1. The van der Waals surface area contributed by atoms with Crippen LogP contribution in [-0.2, 0) is 0 Å². The van der Waals surface area contributed by atoms with Crippen molar-refractivity contribution in [1.82, 2.24) is 4.98 Å². The van der Waals surface area contributed by atoms with E-state index < -0.39 is 0 Å². The van der Waals surface area contributed by atoms with E-state index in [1.807, 2.05) is 6.07 Å². The number of para-hydroxylation sites is 1. The van der Waals surface area contributed by atoms with Gasteiger partial charge in [0.25, 0.3) is 0 Å². The topological polar surface area (TPSA) is 42.1 Å². The summed E-state index contributed by atoms with van der Waals surface area (Å²) in [4.78, 5) is 7.09. The minimum absolute atomic E-state index is 0.531. The molecule has 0 amide bonds. The number of benzene rings is 1. The Morgan fingerprint density at radius 2 is 1.90 bits per heavy atom. The lowest BCUT2D eigenvalue weighted by molar-refractivity contribution is 0.560.